The highest BCUT2D eigenvalue weighted by molar-refractivity contribution is 14.0. The molecule has 0 amide bonds. The zero-order valence-electron chi connectivity index (χ0n) is 13.6. The highest BCUT2D eigenvalue weighted by Gasteiger charge is 1.99. The Balaban J connectivity index is 0.00000288. The molecule has 0 aliphatic rings. The van der Waals surface area contributed by atoms with Gasteiger partial charge in [0.15, 0.2) is 5.96 Å². The monoisotopic (exact) mass is 463 g/mol. The maximum absolute atomic E-state index is 5.97. The predicted molar refractivity (Wildman–Crippen MR) is 108 cm³/mol. The average molecular weight is 464 g/mol. The molecule has 1 aromatic carbocycles. The van der Waals surface area contributed by atoms with Gasteiger partial charge in [-0.05, 0) is 36.2 Å². The third kappa shape index (κ3) is 8.03. The Labute approximate surface area is 164 Å². The number of nitrogens with zero attached hydrogens (tertiary/aromatic N) is 1. The van der Waals surface area contributed by atoms with E-state index in [0.29, 0.717) is 19.8 Å². The molecule has 0 aliphatic carbocycles. The van der Waals surface area contributed by atoms with Crippen molar-refractivity contribution in [2.24, 2.45) is 4.99 Å². The van der Waals surface area contributed by atoms with Gasteiger partial charge in [0, 0.05) is 31.8 Å². The minimum absolute atomic E-state index is 0. The van der Waals surface area contributed by atoms with Crippen molar-refractivity contribution >= 4 is 41.5 Å². The number of nitrogens with one attached hydrogen (secondary N) is 2. The fourth-order valence-electron chi connectivity index (χ4n) is 2.00. The van der Waals surface area contributed by atoms with Gasteiger partial charge >= 0.3 is 0 Å². The molecular formula is C17H23ClIN3O2. The van der Waals surface area contributed by atoms with Crippen molar-refractivity contribution in [2.45, 2.75) is 19.6 Å². The normalized spacial score (nSPS) is 11.0. The maximum atomic E-state index is 5.97. The topological polar surface area (TPSA) is 58.8 Å². The molecule has 0 spiro atoms. The van der Waals surface area contributed by atoms with Crippen LogP contribution in [0.4, 0.5) is 0 Å². The Morgan fingerprint density at radius 1 is 1.25 bits per heavy atom. The minimum Gasteiger partial charge on any atom is -0.467 e. The molecule has 0 saturated carbocycles. The van der Waals surface area contributed by atoms with Gasteiger partial charge in [-0.15, -0.1) is 24.0 Å². The molecule has 0 bridgehead atoms. The van der Waals surface area contributed by atoms with Crippen LogP contribution in [-0.2, 0) is 17.9 Å². The van der Waals surface area contributed by atoms with E-state index in [4.69, 9.17) is 20.8 Å². The first kappa shape index (κ1) is 20.8. The average Bonchev–Trinajstić information content (AvgIpc) is 3.07. The zero-order chi connectivity index (χ0) is 16.3. The van der Waals surface area contributed by atoms with E-state index in [2.05, 4.69) is 15.6 Å². The van der Waals surface area contributed by atoms with Gasteiger partial charge in [-0.1, -0.05) is 23.7 Å². The summed E-state index contributed by atoms with van der Waals surface area (Å²) in [7, 11) is 1.75. The van der Waals surface area contributed by atoms with Crippen LogP contribution in [-0.4, -0.2) is 26.2 Å². The van der Waals surface area contributed by atoms with E-state index in [1.54, 1.807) is 13.3 Å². The summed E-state index contributed by atoms with van der Waals surface area (Å²) < 4.78 is 10.7. The van der Waals surface area contributed by atoms with Crippen molar-refractivity contribution in [1.82, 2.24) is 10.6 Å². The number of hydrogen-bond donors (Lipinski definition) is 2. The summed E-state index contributed by atoms with van der Waals surface area (Å²) in [6, 6.07) is 11.5. The Morgan fingerprint density at radius 3 is 2.83 bits per heavy atom. The predicted octanol–water partition coefficient (Wildman–Crippen LogP) is 3.82. The zero-order valence-corrected chi connectivity index (χ0v) is 16.7. The number of halogens is 2. The first-order chi connectivity index (χ1) is 11.3. The second-order valence-corrected chi connectivity index (χ2v) is 5.40. The Hall–Kier alpha value is -1.25. The largest absolute Gasteiger partial charge is 0.467 e. The van der Waals surface area contributed by atoms with E-state index < -0.39 is 0 Å². The van der Waals surface area contributed by atoms with Crippen LogP contribution in [0.25, 0.3) is 0 Å². The molecule has 2 rings (SSSR count). The fourth-order valence-corrected chi connectivity index (χ4v) is 2.21. The molecule has 2 aromatic rings. The molecule has 24 heavy (non-hydrogen) atoms. The van der Waals surface area contributed by atoms with E-state index in [1.807, 2.05) is 36.4 Å². The van der Waals surface area contributed by atoms with Gasteiger partial charge in [-0.2, -0.15) is 0 Å². The lowest BCUT2D eigenvalue weighted by atomic mass is 10.2. The van der Waals surface area contributed by atoms with Crippen LogP contribution in [0, 0.1) is 0 Å². The van der Waals surface area contributed by atoms with Gasteiger partial charge in [-0.3, -0.25) is 4.99 Å². The lowest BCUT2D eigenvalue weighted by molar-refractivity contribution is 0.105. The summed E-state index contributed by atoms with van der Waals surface area (Å²) in [4.78, 5) is 4.19. The lowest BCUT2D eigenvalue weighted by Gasteiger charge is -2.12. The van der Waals surface area contributed by atoms with Crippen LogP contribution in [0.1, 0.15) is 17.7 Å². The number of guanidine groups is 1. The number of rotatable bonds is 8. The second kappa shape index (κ2) is 12.2. The number of aliphatic imine (C=N–C) groups is 1. The van der Waals surface area contributed by atoms with Gasteiger partial charge in [0.25, 0.3) is 0 Å². The smallest absolute Gasteiger partial charge is 0.191 e. The van der Waals surface area contributed by atoms with E-state index in [-0.39, 0.29) is 24.0 Å². The molecule has 2 N–H and O–H groups in total. The third-order valence-electron chi connectivity index (χ3n) is 3.15. The quantitative estimate of drug-likeness (QED) is 0.270. The van der Waals surface area contributed by atoms with Crippen LogP contribution in [0.5, 0.6) is 0 Å². The summed E-state index contributed by atoms with van der Waals surface area (Å²) in [5.41, 5.74) is 1.11. The molecule has 1 heterocycles. The molecule has 0 fully saturated rings. The first-order valence-corrected chi connectivity index (χ1v) is 7.95. The summed E-state index contributed by atoms with van der Waals surface area (Å²) in [6.45, 7) is 2.64. The van der Waals surface area contributed by atoms with Crippen LogP contribution in [0.2, 0.25) is 5.02 Å². The molecular weight excluding hydrogens is 441 g/mol. The molecule has 0 atom stereocenters. The Kier molecular flexibility index (Phi) is 10.5. The molecule has 0 aliphatic heterocycles. The highest BCUT2D eigenvalue weighted by Crippen LogP contribution is 2.10. The van der Waals surface area contributed by atoms with Crippen LogP contribution in [0.3, 0.4) is 0 Å². The molecule has 0 saturated heterocycles. The van der Waals surface area contributed by atoms with Crippen molar-refractivity contribution in [3.8, 4) is 0 Å². The van der Waals surface area contributed by atoms with Crippen molar-refractivity contribution in [2.75, 3.05) is 20.2 Å². The van der Waals surface area contributed by atoms with Crippen LogP contribution in [0.15, 0.2) is 52.1 Å². The standard InChI is InChI=1S/C17H22ClN3O2.HI/c1-19-17(21-12-14-5-2-6-15(18)11-14)20-8-4-9-22-13-16-7-3-10-23-16;/h2-3,5-7,10-11H,4,8-9,12-13H2,1H3,(H2,19,20,21);1H. The van der Waals surface area contributed by atoms with Crippen LogP contribution < -0.4 is 10.6 Å². The fraction of sp³-hybridized carbons (Fsp3) is 0.353. The van der Waals surface area contributed by atoms with Crippen molar-refractivity contribution in [3.63, 3.8) is 0 Å². The van der Waals surface area contributed by atoms with E-state index in [9.17, 15) is 0 Å². The minimum atomic E-state index is 0. The van der Waals surface area contributed by atoms with Crippen molar-refractivity contribution in [1.29, 1.82) is 0 Å². The molecule has 5 nitrogen and oxygen atoms in total. The summed E-state index contributed by atoms with van der Waals surface area (Å²) in [5, 5.41) is 7.24. The van der Waals surface area contributed by atoms with E-state index in [0.717, 1.165) is 35.3 Å². The maximum Gasteiger partial charge on any atom is 0.191 e. The molecule has 7 heteroatoms. The van der Waals surface area contributed by atoms with E-state index >= 15 is 0 Å². The summed E-state index contributed by atoms with van der Waals surface area (Å²) in [6.07, 6.45) is 2.54. The van der Waals surface area contributed by atoms with Gasteiger partial charge in [-0.25, -0.2) is 0 Å². The summed E-state index contributed by atoms with van der Waals surface area (Å²) >= 11 is 5.97. The SMILES string of the molecule is CN=C(NCCCOCc1ccco1)NCc1cccc(Cl)c1.I. The molecule has 1 aromatic heterocycles. The van der Waals surface area contributed by atoms with Gasteiger partial charge < -0.3 is 19.8 Å². The number of furan rings is 1. The molecule has 0 radical (unpaired) electrons. The second-order valence-electron chi connectivity index (χ2n) is 4.97. The Bertz CT molecular complexity index is 606. The van der Waals surface area contributed by atoms with Crippen molar-refractivity contribution < 1.29 is 9.15 Å². The Morgan fingerprint density at radius 2 is 2.12 bits per heavy atom. The first-order valence-electron chi connectivity index (χ1n) is 7.57. The van der Waals surface area contributed by atoms with Crippen LogP contribution >= 0.6 is 35.6 Å². The van der Waals surface area contributed by atoms with Gasteiger partial charge in [0.1, 0.15) is 12.4 Å². The lowest BCUT2D eigenvalue weighted by Crippen LogP contribution is -2.37. The molecule has 132 valence electrons. The number of ether oxygens (including phenoxy) is 1. The van der Waals surface area contributed by atoms with Gasteiger partial charge in [0.05, 0.1) is 6.26 Å². The van der Waals surface area contributed by atoms with E-state index in [1.165, 1.54) is 0 Å². The number of benzene rings is 1. The summed E-state index contributed by atoms with van der Waals surface area (Å²) in [5.74, 6) is 1.60. The molecule has 0 unspecified atom stereocenters. The highest BCUT2D eigenvalue weighted by atomic mass is 127. The third-order valence-corrected chi connectivity index (χ3v) is 3.39. The van der Waals surface area contributed by atoms with Crippen molar-refractivity contribution in [3.05, 3.63) is 59.0 Å². The van der Waals surface area contributed by atoms with Gasteiger partial charge in [0.2, 0.25) is 0 Å². The number of hydrogen-bond acceptors (Lipinski definition) is 3.